The van der Waals surface area contributed by atoms with E-state index in [9.17, 15) is 0 Å². The second-order valence-corrected chi connectivity index (χ2v) is 19.4. The maximum absolute atomic E-state index is 7.63. The first-order chi connectivity index (χ1) is 31.6. The third kappa shape index (κ3) is 6.34. The summed E-state index contributed by atoms with van der Waals surface area (Å²) in [6, 6.07) is 73.4. The van der Waals surface area contributed by atoms with Crippen LogP contribution in [0.15, 0.2) is 205 Å². The van der Waals surface area contributed by atoms with Crippen LogP contribution in [0.5, 0.6) is 0 Å². The predicted molar refractivity (Wildman–Crippen MR) is 272 cm³/mol. The molecule has 10 aromatic rings. The highest BCUT2D eigenvalue weighted by molar-refractivity contribution is 6.09. The van der Waals surface area contributed by atoms with E-state index in [-0.39, 0.29) is 22.8 Å². The minimum Gasteiger partial charge on any atom is -0.455 e. The van der Waals surface area contributed by atoms with Crippen molar-refractivity contribution in [2.45, 2.75) is 56.9 Å². The van der Waals surface area contributed by atoms with E-state index in [0.29, 0.717) is 0 Å². The number of para-hydroxylation sites is 2. The van der Waals surface area contributed by atoms with Gasteiger partial charge in [-0.3, -0.25) is 0 Å². The summed E-state index contributed by atoms with van der Waals surface area (Å²) < 4.78 is 6.48. The van der Waals surface area contributed by atoms with Crippen LogP contribution in [0.25, 0.3) is 77.6 Å². The molecular weight excluding hydrogens is 787 g/mol. The van der Waals surface area contributed by atoms with Gasteiger partial charge in [-0.15, -0.1) is 0 Å². The highest BCUT2D eigenvalue weighted by Crippen LogP contribution is 2.52. The minimum absolute atomic E-state index is 0.0531. The van der Waals surface area contributed by atoms with E-state index in [1.165, 1.54) is 83.5 Å². The molecule has 1 unspecified atom stereocenters. The lowest BCUT2D eigenvalue weighted by molar-refractivity contribution is 0.586. The van der Waals surface area contributed by atoms with Gasteiger partial charge in [-0.25, -0.2) is 0 Å². The minimum atomic E-state index is -0.191. The Hall–Kier alpha value is -7.26. The molecule has 2 nitrogen and oxygen atoms in total. The second kappa shape index (κ2) is 14.9. The summed E-state index contributed by atoms with van der Waals surface area (Å²) in [5.41, 5.74) is 30.8. The number of nitrogens with two attached hydrogens (primary N) is 1. The third-order valence-electron chi connectivity index (χ3n) is 14.9. The molecule has 0 saturated carbocycles. The lowest BCUT2D eigenvalue weighted by Gasteiger charge is -2.28. The zero-order valence-corrected chi connectivity index (χ0v) is 37.4. The van der Waals surface area contributed by atoms with E-state index in [0.717, 1.165) is 39.5 Å². The van der Waals surface area contributed by atoms with Crippen LogP contribution in [0.3, 0.4) is 0 Å². The molecule has 0 fully saturated rings. The molecule has 1 aromatic heterocycles. The first kappa shape index (κ1) is 39.3. The molecule has 2 atom stereocenters. The van der Waals surface area contributed by atoms with Crippen molar-refractivity contribution in [2.24, 2.45) is 5.73 Å². The van der Waals surface area contributed by atoms with Crippen molar-refractivity contribution in [3.8, 4) is 55.6 Å². The third-order valence-corrected chi connectivity index (χ3v) is 14.9. The molecule has 0 radical (unpaired) electrons. The highest BCUT2D eigenvalue weighted by Gasteiger charge is 2.38. The summed E-state index contributed by atoms with van der Waals surface area (Å²) in [5.74, 6) is -0.0531. The Morgan fingerprint density at radius 2 is 0.892 bits per heavy atom. The van der Waals surface area contributed by atoms with E-state index < -0.39 is 0 Å². The molecule has 2 N–H and O–H groups in total. The van der Waals surface area contributed by atoms with Gasteiger partial charge >= 0.3 is 0 Å². The van der Waals surface area contributed by atoms with Gasteiger partial charge in [0.1, 0.15) is 11.2 Å². The number of furan rings is 1. The SMILES string of the molecule is CC1(C)c2cc(C[C@H](N)C(c3ccc(-c4cccc5c4oc4ccccc45)cc3)c3ccc4c(c3)C(C)(C)c3cc(-c5ccccc5)ccc3-4)ccc2-c2ccc(-c3ccccc3)cc21. The van der Waals surface area contributed by atoms with Crippen LogP contribution in [0, 0.1) is 0 Å². The molecule has 65 heavy (non-hydrogen) atoms. The highest BCUT2D eigenvalue weighted by atomic mass is 16.3. The van der Waals surface area contributed by atoms with Crippen LogP contribution in [-0.4, -0.2) is 6.04 Å². The molecule has 0 amide bonds. The van der Waals surface area contributed by atoms with Gasteiger partial charge in [0.25, 0.3) is 0 Å². The smallest absolute Gasteiger partial charge is 0.143 e. The lowest BCUT2D eigenvalue weighted by atomic mass is 9.77. The maximum atomic E-state index is 7.63. The Labute approximate surface area is 382 Å². The number of hydrogen-bond acceptors (Lipinski definition) is 2. The van der Waals surface area contributed by atoms with Gasteiger partial charge in [-0.2, -0.15) is 0 Å². The van der Waals surface area contributed by atoms with E-state index in [2.05, 4.69) is 222 Å². The molecule has 0 spiro atoms. The van der Waals surface area contributed by atoms with Crippen LogP contribution < -0.4 is 5.73 Å². The Kier molecular flexibility index (Phi) is 9.02. The van der Waals surface area contributed by atoms with Gasteiger partial charge in [0, 0.05) is 39.1 Å². The Balaban J connectivity index is 0.923. The lowest BCUT2D eigenvalue weighted by Crippen LogP contribution is -2.32. The van der Waals surface area contributed by atoms with E-state index >= 15 is 0 Å². The maximum Gasteiger partial charge on any atom is 0.143 e. The molecule has 2 aliphatic rings. The van der Waals surface area contributed by atoms with Crippen molar-refractivity contribution >= 4 is 21.9 Å². The summed E-state index contributed by atoms with van der Waals surface area (Å²) in [4.78, 5) is 0. The fourth-order valence-electron chi connectivity index (χ4n) is 11.4. The average Bonchev–Trinajstić information content (AvgIpc) is 3.91. The molecule has 2 heteroatoms. The first-order valence-corrected chi connectivity index (χ1v) is 23.1. The summed E-state index contributed by atoms with van der Waals surface area (Å²) in [5, 5.41) is 2.28. The van der Waals surface area contributed by atoms with Crippen LogP contribution in [0.4, 0.5) is 0 Å². The van der Waals surface area contributed by atoms with E-state index in [1.54, 1.807) is 0 Å². The summed E-state index contributed by atoms with van der Waals surface area (Å²) in [6.07, 6.45) is 0.737. The van der Waals surface area contributed by atoms with Crippen LogP contribution in [0.2, 0.25) is 0 Å². The van der Waals surface area contributed by atoms with Crippen molar-refractivity contribution in [1.29, 1.82) is 0 Å². The van der Waals surface area contributed by atoms with Crippen LogP contribution >= 0.6 is 0 Å². The zero-order valence-electron chi connectivity index (χ0n) is 37.4. The number of hydrogen-bond donors (Lipinski definition) is 1. The monoisotopic (exact) mass is 837 g/mol. The topological polar surface area (TPSA) is 39.2 Å². The molecule has 0 aliphatic heterocycles. The summed E-state index contributed by atoms with van der Waals surface area (Å²) in [6.45, 7) is 9.51. The normalized spacial score (nSPS) is 15.0. The molecule has 9 aromatic carbocycles. The van der Waals surface area contributed by atoms with Crippen molar-refractivity contribution in [1.82, 2.24) is 0 Å². The molecule has 1 heterocycles. The Morgan fingerprint density at radius 1 is 0.400 bits per heavy atom. The molecule has 2 aliphatic carbocycles. The Morgan fingerprint density at radius 3 is 1.52 bits per heavy atom. The van der Waals surface area contributed by atoms with Crippen molar-refractivity contribution in [2.75, 3.05) is 0 Å². The quantitative estimate of drug-likeness (QED) is 0.166. The van der Waals surface area contributed by atoms with Gasteiger partial charge in [-0.05, 0) is 114 Å². The zero-order chi connectivity index (χ0) is 44.0. The largest absolute Gasteiger partial charge is 0.455 e. The van der Waals surface area contributed by atoms with Crippen LogP contribution in [-0.2, 0) is 17.3 Å². The van der Waals surface area contributed by atoms with Gasteiger partial charge in [0.2, 0.25) is 0 Å². The Bertz CT molecular complexity index is 3460. The number of fused-ring (bicyclic) bond motifs is 9. The van der Waals surface area contributed by atoms with Gasteiger partial charge < -0.3 is 10.2 Å². The van der Waals surface area contributed by atoms with Gasteiger partial charge in [0.15, 0.2) is 0 Å². The average molecular weight is 838 g/mol. The molecule has 12 rings (SSSR count). The van der Waals surface area contributed by atoms with E-state index in [4.69, 9.17) is 10.2 Å². The van der Waals surface area contributed by atoms with Crippen molar-refractivity contribution in [3.63, 3.8) is 0 Å². The molecule has 314 valence electrons. The standard InChI is InChI=1S/C63H51NO/c1-62(2)54-34-39(22-30-48(54)49-31-27-44(36-55(49)62)40-14-7-5-8-15-40)35-58(64)60(43-25-23-42(24-26-43)47-19-13-20-53-52-18-11-12-21-59(52)65-61(47)53)46-29-33-51-50-32-28-45(41-16-9-6-10-17-41)37-56(50)63(3,4)57(51)38-46/h5-34,36-38,58,60H,35,64H2,1-4H3/t58-,60?/m0/s1. The number of benzene rings is 9. The first-order valence-electron chi connectivity index (χ1n) is 23.1. The predicted octanol–water partition coefficient (Wildman–Crippen LogP) is 15.9. The fourth-order valence-corrected chi connectivity index (χ4v) is 11.4. The molecule has 0 bridgehead atoms. The summed E-state index contributed by atoms with van der Waals surface area (Å²) >= 11 is 0. The second-order valence-electron chi connectivity index (χ2n) is 19.4. The summed E-state index contributed by atoms with van der Waals surface area (Å²) in [7, 11) is 0. The van der Waals surface area contributed by atoms with Crippen molar-refractivity contribution < 1.29 is 4.42 Å². The fraction of sp³-hybridized carbons (Fsp3) is 0.143. The van der Waals surface area contributed by atoms with Gasteiger partial charge in [-0.1, -0.05) is 210 Å². The van der Waals surface area contributed by atoms with E-state index in [1.807, 2.05) is 6.07 Å². The van der Waals surface area contributed by atoms with Gasteiger partial charge in [0.05, 0.1) is 0 Å². The number of rotatable bonds is 8. The van der Waals surface area contributed by atoms with Crippen LogP contribution in [0.1, 0.15) is 72.6 Å². The molecular formula is C63H51NO. The molecule has 0 saturated heterocycles. The van der Waals surface area contributed by atoms with Crippen molar-refractivity contribution in [3.05, 3.63) is 239 Å².